The van der Waals surface area contributed by atoms with E-state index in [9.17, 15) is 4.39 Å². The summed E-state index contributed by atoms with van der Waals surface area (Å²) in [5.41, 5.74) is 1.24. The normalized spacial score (nSPS) is 45.1. The van der Waals surface area contributed by atoms with Crippen LogP contribution >= 0.6 is 0 Å². The van der Waals surface area contributed by atoms with Gasteiger partial charge < -0.3 is 5.32 Å². The summed E-state index contributed by atoms with van der Waals surface area (Å²) in [7, 11) is 0. The second-order valence-corrected chi connectivity index (χ2v) is 8.53. The molecule has 0 aliphatic heterocycles. The van der Waals surface area contributed by atoms with E-state index in [2.05, 4.69) is 11.4 Å². The molecule has 5 rings (SSSR count). The molecule has 22 heavy (non-hydrogen) atoms. The van der Waals surface area contributed by atoms with Crippen LogP contribution in [0.25, 0.3) is 0 Å². The molecule has 0 saturated heterocycles. The van der Waals surface area contributed by atoms with Gasteiger partial charge >= 0.3 is 0 Å². The summed E-state index contributed by atoms with van der Waals surface area (Å²) >= 11 is 0. The van der Waals surface area contributed by atoms with Gasteiger partial charge in [0.15, 0.2) is 0 Å². The van der Waals surface area contributed by atoms with Gasteiger partial charge in [-0.3, -0.25) is 0 Å². The molecule has 3 heteroatoms. The van der Waals surface area contributed by atoms with E-state index in [1.165, 1.54) is 38.5 Å². The average Bonchev–Trinajstić information content (AvgIpc) is 2.94. The number of allylic oxidation sites excluding steroid dienone is 1. The highest BCUT2D eigenvalue weighted by molar-refractivity contribution is 5.22. The molecule has 4 bridgehead atoms. The van der Waals surface area contributed by atoms with Gasteiger partial charge in [-0.05, 0) is 86.5 Å². The Morgan fingerprint density at radius 3 is 2.41 bits per heavy atom. The number of halogens is 1. The molecule has 5 aliphatic rings. The molecular weight excluding hydrogens is 275 g/mol. The highest BCUT2D eigenvalue weighted by Gasteiger charge is 2.50. The van der Waals surface area contributed by atoms with Crippen LogP contribution in [0.4, 0.5) is 4.39 Å². The minimum Gasteiger partial charge on any atom is -0.310 e. The molecule has 5 fully saturated rings. The summed E-state index contributed by atoms with van der Waals surface area (Å²) in [5, 5.41) is 12.5. The fraction of sp³-hybridized carbons (Fsp3) is 0.842. The molecular formula is C19H27FN2. The maximum absolute atomic E-state index is 14.4. The topological polar surface area (TPSA) is 35.8 Å². The van der Waals surface area contributed by atoms with Crippen LogP contribution in [0.15, 0.2) is 11.4 Å². The third kappa shape index (κ3) is 2.60. The maximum Gasteiger partial charge on any atom is 0.114 e. The molecule has 0 aromatic rings. The highest BCUT2D eigenvalue weighted by Crippen LogP contribution is 2.59. The molecule has 120 valence electrons. The molecule has 5 saturated carbocycles. The molecule has 1 unspecified atom stereocenters. The predicted octanol–water partition coefficient (Wildman–Crippen LogP) is 4.34. The second kappa shape index (κ2) is 5.64. The van der Waals surface area contributed by atoms with E-state index < -0.39 is 0 Å². The average molecular weight is 302 g/mol. The molecule has 0 aromatic carbocycles. The number of nitrogens with one attached hydrogen (secondary N) is 1. The summed E-state index contributed by atoms with van der Waals surface area (Å²) in [6.45, 7) is 1.32. The lowest BCUT2D eigenvalue weighted by Gasteiger charge is -2.57. The Morgan fingerprint density at radius 1 is 1.18 bits per heavy atom. The lowest BCUT2D eigenvalue weighted by Crippen LogP contribution is -2.50. The largest absolute Gasteiger partial charge is 0.310 e. The van der Waals surface area contributed by atoms with Crippen LogP contribution in [0.3, 0.4) is 0 Å². The lowest BCUT2D eigenvalue weighted by molar-refractivity contribution is -0.0510. The Labute approximate surface area is 133 Å². The molecule has 0 amide bonds. The van der Waals surface area contributed by atoms with Crippen LogP contribution in [0, 0.1) is 40.4 Å². The summed E-state index contributed by atoms with van der Waals surface area (Å²) in [6.07, 6.45) is 11.1. The molecule has 2 nitrogen and oxygen atoms in total. The van der Waals surface area contributed by atoms with Gasteiger partial charge in [0.25, 0.3) is 0 Å². The van der Waals surface area contributed by atoms with E-state index in [-0.39, 0.29) is 11.7 Å². The van der Waals surface area contributed by atoms with Crippen molar-refractivity contribution in [1.82, 2.24) is 5.32 Å². The van der Waals surface area contributed by atoms with Crippen LogP contribution in [0.1, 0.15) is 57.8 Å². The quantitative estimate of drug-likeness (QED) is 0.838. The van der Waals surface area contributed by atoms with E-state index in [0.29, 0.717) is 12.0 Å². The molecule has 1 atom stereocenters. The summed E-state index contributed by atoms with van der Waals surface area (Å²) in [5.74, 6) is 2.65. The van der Waals surface area contributed by atoms with Crippen molar-refractivity contribution in [3.8, 4) is 6.07 Å². The zero-order chi connectivity index (χ0) is 15.2. The first-order valence-electron chi connectivity index (χ1n) is 9.15. The van der Waals surface area contributed by atoms with Crippen LogP contribution in [0.2, 0.25) is 0 Å². The smallest absolute Gasteiger partial charge is 0.114 e. The highest BCUT2D eigenvalue weighted by atomic mass is 19.1. The Hall–Kier alpha value is -0.880. The molecule has 0 heterocycles. The van der Waals surface area contributed by atoms with Crippen LogP contribution in [0.5, 0.6) is 0 Å². The molecule has 0 aromatic heterocycles. The summed E-state index contributed by atoms with van der Waals surface area (Å²) < 4.78 is 14.4. The first kappa shape index (κ1) is 14.7. The first-order chi connectivity index (χ1) is 10.7. The van der Waals surface area contributed by atoms with E-state index in [1.54, 1.807) is 0 Å². The molecule has 0 radical (unpaired) electrons. The van der Waals surface area contributed by atoms with Gasteiger partial charge in [-0.25, -0.2) is 4.39 Å². The predicted molar refractivity (Wildman–Crippen MR) is 84.6 cm³/mol. The Bertz CT molecular complexity index is 481. The minimum absolute atomic E-state index is 0.0474. The van der Waals surface area contributed by atoms with E-state index in [1.807, 2.05) is 0 Å². The second-order valence-electron chi connectivity index (χ2n) is 8.53. The van der Waals surface area contributed by atoms with Gasteiger partial charge in [0, 0.05) is 13.1 Å². The Morgan fingerprint density at radius 2 is 1.82 bits per heavy atom. The van der Waals surface area contributed by atoms with Crippen LogP contribution in [-0.4, -0.2) is 13.1 Å². The molecule has 0 spiro atoms. The zero-order valence-corrected chi connectivity index (χ0v) is 13.4. The standard InChI is InChI=1S/C19H27FN2/c20-18(17-3-1-2-16(17)10-21)11-22-12-19-7-13-4-14(8-19)6-15(5-13)9-19/h13-16,22H,1-9,11-12H2/b18-17+. The van der Waals surface area contributed by atoms with Crippen molar-refractivity contribution < 1.29 is 4.39 Å². The van der Waals surface area contributed by atoms with Gasteiger partial charge in [-0.15, -0.1) is 0 Å². The number of hydrogen-bond donors (Lipinski definition) is 1. The fourth-order valence-corrected chi connectivity index (χ4v) is 6.37. The third-order valence-electron chi connectivity index (χ3n) is 6.81. The first-order valence-corrected chi connectivity index (χ1v) is 9.15. The fourth-order valence-electron chi connectivity index (χ4n) is 6.37. The zero-order valence-electron chi connectivity index (χ0n) is 13.4. The van der Waals surface area contributed by atoms with Crippen molar-refractivity contribution in [2.24, 2.45) is 29.1 Å². The van der Waals surface area contributed by atoms with Gasteiger partial charge in [0.2, 0.25) is 0 Å². The maximum atomic E-state index is 14.4. The van der Waals surface area contributed by atoms with Crippen molar-refractivity contribution >= 4 is 0 Å². The van der Waals surface area contributed by atoms with Crippen molar-refractivity contribution in [1.29, 1.82) is 5.26 Å². The van der Waals surface area contributed by atoms with Crippen molar-refractivity contribution in [2.45, 2.75) is 57.8 Å². The SMILES string of the molecule is N#CC1CCC/C1=C(\F)CNCC12CC3CC(CC(C3)C1)C2. The number of rotatable bonds is 4. The Balaban J connectivity index is 1.36. The van der Waals surface area contributed by atoms with Crippen LogP contribution < -0.4 is 5.32 Å². The lowest BCUT2D eigenvalue weighted by atomic mass is 9.49. The van der Waals surface area contributed by atoms with Gasteiger partial charge in [-0.2, -0.15) is 5.26 Å². The van der Waals surface area contributed by atoms with Gasteiger partial charge in [0.1, 0.15) is 5.83 Å². The van der Waals surface area contributed by atoms with E-state index in [4.69, 9.17) is 5.26 Å². The van der Waals surface area contributed by atoms with Gasteiger partial charge in [0.05, 0.1) is 12.0 Å². The minimum atomic E-state index is -0.165. The molecule has 1 N–H and O–H groups in total. The Kier molecular flexibility index (Phi) is 3.77. The van der Waals surface area contributed by atoms with Crippen LogP contribution in [-0.2, 0) is 0 Å². The number of nitrogens with zero attached hydrogens (tertiary/aromatic N) is 1. The number of hydrogen-bond acceptors (Lipinski definition) is 2. The monoisotopic (exact) mass is 302 g/mol. The van der Waals surface area contributed by atoms with Crippen molar-refractivity contribution in [3.63, 3.8) is 0 Å². The molecule has 5 aliphatic carbocycles. The van der Waals surface area contributed by atoms with Gasteiger partial charge in [-0.1, -0.05) is 0 Å². The van der Waals surface area contributed by atoms with E-state index in [0.717, 1.165) is 49.1 Å². The van der Waals surface area contributed by atoms with Crippen molar-refractivity contribution in [2.75, 3.05) is 13.1 Å². The summed E-state index contributed by atoms with van der Waals surface area (Å²) in [6, 6.07) is 2.25. The third-order valence-corrected chi connectivity index (χ3v) is 6.81. The number of nitriles is 1. The van der Waals surface area contributed by atoms with Crippen molar-refractivity contribution in [3.05, 3.63) is 11.4 Å². The summed E-state index contributed by atoms with van der Waals surface area (Å²) in [4.78, 5) is 0. The van der Waals surface area contributed by atoms with E-state index >= 15 is 0 Å².